The van der Waals surface area contributed by atoms with Crippen molar-refractivity contribution >= 4 is 57.2 Å². The number of carboxylic acid groups (broad SMARTS) is 2. The lowest BCUT2D eigenvalue weighted by Gasteiger charge is -2.46. The summed E-state index contributed by atoms with van der Waals surface area (Å²) in [4.78, 5) is 49.6. The molecule has 0 aromatic carbocycles. The predicted octanol–water partition coefficient (Wildman–Crippen LogP) is 7.77. The minimum atomic E-state index is -0.726. The van der Waals surface area contributed by atoms with Gasteiger partial charge >= 0.3 is 11.9 Å². The second kappa shape index (κ2) is 15.5. The molecule has 58 heavy (non-hydrogen) atoms. The van der Waals surface area contributed by atoms with Gasteiger partial charge in [-0.25, -0.2) is 38.7 Å². The van der Waals surface area contributed by atoms with Crippen LogP contribution in [-0.4, -0.2) is 72.5 Å². The first-order valence-electron chi connectivity index (χ1n) is 19.5. The molecule has 18 heteroatoms. The van der Waals surface area contributed by atoms with E-state index in [0.29, 0.717) is 91.2 Å². The number of nitrogens with zero attached hydrogens (tertiary/aromatic N) is 8. The lowest BCUT2D eigenvalue weighted by molar-refractivity contribution is -0.153. The Balaban J connectivity index is 0.000000150. The molecule has 14 nitrogen and oxygen atoms in total. The van der Waals surface area contributed by atoms with Crippen molar-refractivity contribution in [3.63, 3.8) is 0 Å². The van der Waals surface area contributed by atoms with Crippen LogP contribution in [0.3, 0.4) is 0 Å². The molecule has 4 bridgehead atoms. The Labute approximate surface area is 339 Å². The lowest BCUT2D eigenvalue weighted by Crippen LogP contribution is -2.45. The summed E-state index contributed by atoms with van der Waals surface area (Å²) in [6.45, 7) is 0. The van der Waals surface area contributed by atoms with Gasteiger partial charge < -0.3 is 10.2 Å². The van der Waals surface area contributed by atoms with Gasteiger partial charge in [0.1, 0.15) is 23.0 Å². The quantitative estimate of drug-likeness (QED) is 0.116. The van der Waals surface area contributed by atoms with Crippen LogP contribution in [0.5, 0.6) is 0 Å². The number of aromatic nitrogens is 10. The number of hydrogen-bond acceptors (Lipinski definition) is 10. The van der Waals surface area contributed by atoms with Crippen molar-refractivity contribution in [2.75, 3.05) is 0 Å². The summed E-state index contributed by atoms with van der Waals surface area (Å²) >= 11 is 12.8. The molecule has 0 unspecified atom stereocenters. The zero-order chi connectivity index (χ0) is 40.2. The summed E-state index contributed by atoms with van der Waals surface area (Å²) < 4.78 is 27.3. The van der Waals surface area contributed by atoms with E-state index in [1.165, 1.54) is 24.5 Å². The van der Waals surface area contributed by atoms with Crippen molar-refractivity contribution in [2.24, 2.45) is 47.3 Å². The number of nitrogens with one attached hydrogen (secondary N) is 2. The van der Waals surface area contributed by atoms with Crippen LogP contribution in [0.2, 0.25) is 10.0 Å². The second-order valence-electron chi connectivity index (χ2n) is 16.0. The minimum Gasteiger partial charge on any atom is -0.481 e. The largest absolute Gasteiger partial charge is 0.481 e. The zero-order valence-corrected chi connectivity index (χ0v) is 32.5. The molecule has 6 aliphatic carbocycles. The number of pyridine rings is 2. The van der Waals surface area contributed by atoms with E-state index < -0.39 is 23.6 Å². The molecular weight excluding hydrogens is 793 g/mol. The molecule has 0 saturated heterocycles. The fourth-order valence-corrected chi connectivity index (χ4v) is 10.7. The number of halogens is 4. The number of fused-ring (bicyclic) bond motifs is 8. The highest BCUT2D eigenvalue weighted by Crippen LogP contribution is 2.51. The van der Waals surface area contributed by atoms with E-state index in [1.807, 2.05) is 0 Å². The van der Waals surface area contributed by atoms with Crippen LogP contribution in [0.15, 0.2) is 36.9 Å². The Morgan fingerprint density at radius 2 is 0.983 bits per heavy atom. The molecule has 4 N–H and O–H groups in total. The first-order chi connectivity index (χ1) is 28.0. The highest BCUT2D eigenvalue weighted by molar-refractivity contribution is 6.31. The molecule has 300 valence electrons. The molecule has 0 amide bonds. The van der Waals surface area contributed by atoms with Crippen LogP contribution in [0.1, 0.15) is 62.8 Å². The van der Waals surface area contributed by atoms with Crippen LogP contribution in [0, 0.1) is 59.0 Å². The average molecular weight is 832 g/mol. The molecule has 4 atom stereocenters. The highest BCUT2D eigenvalue weighted by atomic mass is 35.5. The molecule has 6 heterocycles. The number of hydrogen-bond donors (Lipinski definition) is 4. The van der Waals surface area contributed by atoms with Crippen LogP contribution in [0.4, 0.5) is 8.78 Å². The molecule has 0 spiro atoms. The minimum absolute atomic E-state index is 0.0119. The number of aliphatic carboxylic acids is 2. The molecule has 6 aromatic heterocycles. The Morgan fingerprint density at radius 1 is 0.603 bits per heavy atom. The van der Waals surface area contributed by atoms with E-state index in [-0.39, 0.29) is 35.5 Å². The first-order valence-corrected chi connectivity index (χ1v) is 20.3. The van der Waals surface area contributed by atoms with Crippen molar-refractivity contribution in [1.82, 2.24) is 50.3 Å². The zero-order valence-electron chi connectivity index (χ0n) is 31.0. The van der Waals surface area contributed by atoms with Crippen molar-refractivity contribution < 1.29 is 28.6 Å². The topological polar surface area (TPSA) is 209 Å². The maximum absolute atomic E-state index is 13.6. The Kier molecular flexibility index (Phi) is 10.2. The van der Waals surface area contributed by atoms with Crippen LogP contribution < -0.4 is 0 Å². The van der Waals surface area contributed by atoms with Gasteiger partial charge in [0.05, 0.1) is 56.4 Å². The molecular formula is C40H38Cl2F2N10O4. The average Bonchev–Trinajstić information content (AvgIpc) is 3.84. The van der Waals surface area contributed by atoms with Gasteiger partial charge in [0, 0.05) is 12.4 Å². The van der Waals surface area contributed by atoms with Gasteiger partial charge in [-0.2, -0.15) is 10.2 Å². The summed E-state index contributed by atoms with van der Waals surface area (Å²) in [5.41, 5.74) is 2.91. The van der Waals surface area contributed by atoms with Crippen LogP contribution in [-0.2, 0) is 22.4 Å². The van der Waals surface area contributed by atoms with Crippen LogP contribution in [0.25, 0.3) is 45.1 Å². The predicted molar refractivity (Wildman–Crippen MR) is 207 cm³/mol. The molecule has 12 rings (SSSR count). The van der Waals surface area contributed by atoms with E-state index >= 15 is 0 Å². The summed E-state index contributed by atoms with van der Waals surface area (Å²) in [6, 6.07) is 2.67. The number of carbonyl (C=O) groups is 2. The number of rotatable bonds is 8. The molecule has 6 aliphatic rings. The van der Waals surface area contributed by atoms with Crippen molar-refractivity contribution in [2.45, 2.75) is 64.2 Å². The maximum atomic E-state index is 13.6. The second-order valence-corrected chi connectivity index (χ2v) is 16.9. The third kappa shape index (κ3) is 7.14. The summed E-state index contributed by atoms with van der Waals surface area (Å²) in [5, 5.41) is 35.2. The van der Waals surface area contributed by atoms with Crippen molar-refractivity contribution in [3.05, 3.63) is 70.0 Å². The fourth-order valence-electron chi connectivity index (χ4n) is 10.4. The smallest absolute Gasteiger partial charge is 0.307 e. The Hall–Kier alpha value is -5.22. The third-order valence-corrected chi connectivity index (χ3v) is 13.7. The number of aromatic amines is 2. The van der Waals surface area contributed by atoms with E-state index in [0.717, 1.165) is 63.8 Å². The SMILES string of the molecule is O=C(O)[C@@H]1C2CCC(CC2)[C@H]1Cc1nc(-c2[nH]nc3ncc(F)cc23)ncc1Cl.O=C(O)[C@H]1C2CCC(CC2)[C@@H]1Cc1nc(-c2[nH]nc3ncc(F)cc23)ncc1Cl. The van der Waals surface area contributed by atoms with E-state index in [9.17, 15) is 28.6 Å². The maximum Gasteiger partial charge on any atom is 0.307 e. The van der Waals surface area contributed by atoms with Gasteiger partial charge in [0.25, 0.3) is 0 Å². The van der Waals surface area contributed by atoms with Gasteiger partial charge in [0.2, 0.25) is 0 Å². The number of carboxylic acids is 2. The molecule has 6 saturated carbocycles. The standard InChI is InChI=1S/2C20H19ClFN5O2/c2*21-14-8-24-19(17-13-5-11(22)7-23-18(13)27-26-17)25-15(14)6-12-9-1-3-10(4-2-9)16(12)20(28)29/h2*5,7-10,12,16H,1-4,6H2,(H,28,29)(H,23,26,27)/t2*9?,10?,12-,16-/m10/s1. The van der Waals surface area contributed by atoms with Gasteiger partial charge in [-0.05, 0) is 112 Å². The van der Waals surface area contributed by atoms with Gasteiger partial charge in [-0.1, -0.05) is 23.2 Å². The molecule has 0 radical (unpaired) electrons. The Morgan fingerprint density at radius 3 is 1.36 bits per heavy atom. The summed E-state index contributed by atoms with van der Waals surface area (Å²) in [5.74, 6) is -1.20. The molecule has 6 aromatic rings. The fraction of sp³-hybridized carbons (Fsp3) is 0.450. The van der Waals surface area contributed by atoms with Crippen LogP contribution >= 0.6 is 23.2 Å². The van der Waals surface area contributed by atoms with E-state index in [1.54, 1.807) is 0 Å². The van der Waals surface area contributed by atoms with E-state index in [4.69, 9.17) is 23.2 Å². The molecule has 0 aliphatic heterocycles. The third-order valence-electron chi connectivity index (χ3n) is 13.0. The summed E-state index contributed by atoms with van der Waals surface area (Å²) in [6.07, 6.45) is 14.4. The van der Waals surface area contributed by atoms with E-state index in [2.05, 4.69) is 50.3 Å². The number of H-pyrrole nitrogens is 2. The first kappa shape index (κ1) is 38.3. The lowest BCUT2D eigenvalue weighted by atomic mass is 9.57. The van der Waals surface area contributed by atoms with Gasteiger partial charge in [-0.15, -0.1) is 0 Å². The van der Waals surface area contributed by atoms with Gasteiger partial charge in [0.15, 0.2) is 22.9 Å². The summed E-state index contributed by atoms with van der Waals surface area (Å²) in [7, 11) is 0. The monoisotopic (exact) mass is 830 g/mol. The Bertz CT molecular complexity index is 2360. The van der Waals surface area contributed by atoms with Gasteiger partial charge in [-0.3, -0.25) is 19.8 Å². The highest BCUT2D eigenvalue weighted by Gasteiger charge is 2.48. The molecule has 6 fully saturated rings. The normalized spacial score (nSPS) is 26.1. The van der Waals surface area contributed by atoms with Crippen molar-refractivity contribution in [3.8, 4) is 23.0 Å². The van der Waals surface area contributed by atoms with Crippen molar-refractivity contribution in [1.29, 1.82) is 0 Å².